The lowest BCUT2D eigenvalue weighted by Gasteiger charge is -2.36. The normalized spacial score (nSPS) is 15.6. The molecule has 6 nitrogen and oxygen atoms in total. The van der Waals surface area contributed by atoms with E-state index in [-0.39, 0.29) is 17.5 Å². The third kappa shape index (κ3) is 4.20. The molecule has 3 rings (SSSR count). The van der Waals surface area contributed by atoms with Gasteiger partial charge < -0.3 is 9.80 Å². The van der Waals surface area contributed by atoms with Gasteiger partial charge in [-0.25, -0.2) is 0 Å². The molecule has 1 atom stereocenters. The molecule has 1 aliphatic rings. The SMILES string of the molecule is C[C@@H](CC(=O)N1CCN(c2ccc([N+](=O)[O-])cc2)CC1)c1ccccc1. The Morgan fingerprint density at radius 2 is 1.65 bits per heavy atom. The Morgan fingerprint density at radius 1 is 1.04 bits per heavy atom. The molecule has 6 heteroatoms. The molecule has 0 bridgehead atoms. The van der Waals surface area contributed by atoms with Gasteiger partial charge in [-0.3, -0.25) is 14.9 Å². The molecular weight excluding hydrogens is 330 g/mol. The van der Waals surface area contributed by atoms with Crippen LogP contribution in [0.4, 0.5) is 11.4 Å². The van der Waals surface area contributed by atoms with E-state index < -0.39 is 4.92 Å². The first-order chi connectivity index (χ1) is 12.5. The van der Waals surface area contributed by atoms with Crippen LogP contribution in [0.25, 0.3) is 0 Å². The van der Waals surface area contributed by atoms with E-state index >= 15 is 0 Å². The average Bonchev–Trinajstić information content (AvgIpc) is 2.69. The molecule has 1 heterocycles. The Bertz CT molecular complexity index is 754. The number of carbonyl (C=O) groups is 1. The van der Waals surface area contributed by atoms with Gasteiger partial charge in [0, 0.05) is 50.4 Å². The first kappa shape index (κ1) is 17.9. The maximum Gasteiger partial charge on any atom is 0.269 e. The van der Waals surface area contributed by atoms with Gasteiger partial charge in [-0.2, -0.15) is 0 Å². The first-order valence-electron chi connectivity index (χ1n) is 8.86. The van der Waals surface area contributed by atoms with Gasteiger partial charge in [0.25, 0.3) is 5.69 Å². The van der Waals surface area contributed by atoms with Crippen molar-refractivity contribution < 1.29 is 9.72 Å². The summed E-state index contributed by atoms with van der Waals surface area (Å²) in [5, 5.41) is 10.7. The molecule has 2 aromatic carbocycles. The number of nitrogens with zero attached hydrogens (tertiary/aromatic N) is 3. The summed E-state index contributed by atoms with van der Waals surface area (Å²) in [6, 6.07) is 16.7. The van der Waals surface area contributed by atoms with E-state index in [1.807, 2.05) is 23.1 Å². The lowest BCUT2D eigenvalue weighted by molar-refractivity contribution is -0.384. The highest BCUT2D eigenvalue weighted by Crippen LogP contribution is 2.23. The molecule has 1 fully saturated rings. The molecule has 2 aromatic rings. The first-order valence-corrected chi connectivity index (χ1v) is 8.86. The topological polar surface area (TPSA) is 66.7 Å². The Kier molecular flexibility index (Phi) is 5.51. The summed E-state index contributed by atoms with van der Waals surface area (Å²) in [4.78, 5) is 27.0. The molecule has 0 radical (unpaired) electrons. The van der Waals surface area contributed by atoms with E-state index in [1.165, 1.54) is 17.7 Å². The Hall–Kier alpha value is -2.89. The van der Waals surface area contributed by atoms with Gasteiger partial charge in [0.2, 0.25) is 5.91 Å². The third-order valence-corrected chi connectivity index (χ3v) is 4.91. The second-order valence-electron chi connectivity index (χ2n) is 6.66. The van der Waals surface area contributed by atoms with E-state index in [4.69, 9.17) is 0 Å². The minimum absolute atomic E-state index is 0.0949. The van der Waals surface area contributed by atoms with Gasteiger partial charge in [0.05, 0.1) is 4.92 Å². The van der Waals surface area contributed by atoms with Crippen LogP contribution in [-0.2, 0) is 4.79 Å². The summed E-state index contributed by atoms with van der Waals surface area (Å²) < 4.78 is 0. The standard InChI is InChI=1S/C20H23N3O3/c1-16(17-5-3-2-4-6-17)15-20(24)22-13-11-21(12-14-22)18-7-9-19(10-8-18)23(25)26/h2-10,16H,11-15H2,1H3/t16-/m0/s1. The molecule has 136 valence electrons. The zero-order chi connectivity index (χ0) is 18.5. The van der Waals surface area contributed by atoms with Crippen LogP contribution in [0.3, 0.4) is 0 Å². The second kappa shape index (κ2) is 7.99. The van der Waals surface area contributed by atoms with Crippen LogP contribution in [-0.4, -0.2) is 41.9 Å². The fourth-order valence-electron chi connectivity index (χ4n) is 3.29. The molecule has 0 unspecified atom stereocenters. The Morgan fingerprint density at radius 3 is 2.23 bits per heavy atom. The van der Waals surface area contributed by atoms with Crippen molar-refractivity contribution in [1.29, 1.82) is 0 Å². The van der Waals surface area contributed by atoms with Crippen molar-refractivity contribution >= 4 is 17.3 Å². The highest BCUT2D eigenvalue weighted by molar-refractivity contribution is 5.77. The van der Waals surface area contributed by atoms with Gasteiger partial charge in [0.15, 0.2) is 0 Å². The van der Waals surface area contributed by atoms with Gasteiger partial charge in [-0.05, 0) is 23.6 Å². The second-order valence-corrected chi connectivity index (χ2v) is 6.66. The fraction of sp³-hybridized carbons (Fsp3) is 0.350. The predicted octanol–water partition coefficient (Wildman–Crippen LogP) is 3.44. The van der Waals surface area contributed by atoms with E-state index in [9.17, 15) is 14.9 Å². The lowest BCUT2D eigenvalue weighted by atomic mass is 9.97. The Balaban J connectivity index is 1.53. The maximum atomic E-state index is 12.6. The summed E-state index contributed by atoms with van der Waals surface area (Å²) in [6.45, 7) is 4.92. The number of hydrogen-bond acceptors (Lipinski definition) is 4. The van der Waals surface area contributed by atoms with Crippen molar-refractivity contribution in [3.8, 4) is 0 Å². The number of hydrogen-bond donors (Lipinski definition) is 0. The van der Waals surface area contributed by atoms with Gasteiger partial charge in [-0.1, -0.05) is 37.3 Å². The molecule has 26 heavy (non-hydrogen) atoms. The van der Waals surface area contributed by atoms with Crippen molar-refractivity contribution in [2.45, 2.75) is 19.3 Å². The van der Waals surface area contributed by atoms with Gasteiger partial charge in [0.1, 0.15) is 0 Å². The number of carbonyl (C=O) groups excluding carboxylic acids is 1. The minimum Gasteiger partial charge on any atom is -0.368 e. The zero-order valence-corrected chi connectivity index (χ0v) is 14.9. The molecule has 1 aliphatic heterocycles. The number of non-ortho nitro benzene ring substituents is 1. The smallest absolute Gasteiger partial charge is 0.269 e. The minimum atomic E-state index is -0.395. The van der Waals surface area contributed by atoms with Gasteiger partial charge >= 0.3 is 0 Å². The van der Waals surface area contributed by atoms with Crippen LogP contribution in [0.5, 0.6) is 0 Å². The fourth-order valence-corrected chi connectivity index (χ4v) is 3.29. The molecular formula is C20H23N3O3. The predicted molar refractivity (Wildman–Crippen MR) is 101 cm³/mol. The molecule has 1 saturated heterocycles. The van der Waals surface area contributed by atoms with Crippen molar-refractivity contribution in [1.82, 2.24) is 4.90 Å². The van der Waals surface area contributed by atoms with E-state index in [0.29, 0.717) is 19.5 Å². The maximum absolute atomic E-state index is 12.6. The number of nitro groups is 1. The van der Waals surface area contributed by atoms with Crippen molar-refractivity contribution in [3.05, 3.63) is 70.3 Å². The molecule has 0 spiro atoms. The molecule has 0 N–H and O–H groups in total. The summed E-state index contributed by atoms with van der Waals surface area (Å²) in [5.41, 5.74) is 2.24. The van der Waals surface area contributed by atoms with E-state index in [2.05, 4.69) is 24.0 Å². The largest absolute Gasteiger partial charge is 0.368 e. The molecule has 0 aliphatic carbocycles. The third-order valence-electron chi connectivity index (χ3n) is 4.91. The van der Waals surface area contributed by atoms with E-state index in [0.717, 1.165) is 18.8 Å². The number of anilines is 1. The Labute approximate surface area is 153 Å². The average molecular weight is 353 g/mol. The van der Waals surface area contributed by atoms with Gasteiger partial charge in [-0.15, -0.1) is 0 Å². The zero-order valence-electron chi connectivity index (χ0n) is 14.9. The number of piperazine rings is 1. The van der Waals surface area contributed by atoms with Crippen LogP contribution < -0.4 is 4.90 Å². The summed E-state index contributed by atoms with van der Waals surface area (Å²) in [5.74, 6) is 0.390. The number of amides is 1. The van der Waals surface area contributed by atoms with Crippen molar-refractivity contribution in [2.24, 2.45) is 0 Å². The summed E-state index contributed by atoms with van der Waals surface area (Å²) in [7, 11) is 0. The molecule has 0 aromatic heterocycles. The molecule has 1 amide bonds. The highest BCUT2D eigenvalue weighted by Gasteiger charge is 2.23. The monoisotopic (exact) mass is 353 g/mol. The van der Waals surface area contributed by atoms with Crippen LogP contribution in [0, 0.1) is 10.1 Å². The van der Waals surface area contributed by atoms with Crippen molar-refractivity contribution in [2.75, 3.05) is 31.1 Å². The van der Waals surface area contributed by atoms with Crippen LogP contribution in [0.2, 0.25) is 0 Å². The summed E-state index contributed by atoms with van der Waals surface area (Å²) in [6.07, 6.45) is 0.515. The quantitative estimate of drug-likeness (QED) is 0.610. The number of rotatable bonds is 5. The number of benzene rings is 2. The van der Waals surface area contributed by atoms with Crippen molar-refractivity contribution in [3.63, 3.8) is 0 Å². The lowest BCUT2D eigenvalue weighted by Crippen LogP contribution is -2.49. The van der Waals surface area contributed by atoms with E-state index in [1.54, 1.807) is 12.1 Å². The van der Waals surface area contributed by atoms with Crippen LogP contribution in [0.15, 0.2) is 54.6 Å². The summed E-state index contributed by atoms with van der Waals surface area (Å²) >= 11 is 0. The molecule has 0 saturated carbocycles. The number of nitro benzene ring substituents is 1. The highest BCUT2D eigenvalue weighted by atomic mass is 16.6. The van der Waals surface area contributed by atoms with Crippen LogP contribution in [0.1, 0.15) is 24.8 Å². The van der Waals surface area contributed by atoms with Crippen LogP contribution >= 0.6 is 0 Å².